The highest BCUT2D eigenvalue weighted by atomic mass is 19.1. The summed E-state index contributed by atoms with van der Waals surface area (Å²) in [4.78, 5) is 10.7. The minimum Gasteiger partial charge on any atom is -0.488 e. The van der Waals surface area contributed by atoms with Gasteiger partial charge < -0.3 is 15.6 Å². The van der Waals surface area contributed by atoms with Crippen molar-refractivity contribution in [3.63, 3.8) is 0 Å². The van der Waals surface area contributed by atoms with Crippen LogP contribution in [0, 0.1) is 5.82 Å². The summed E-state index contributed by atoms with van der Waals surface area (Å²) in [5, 5.41) is 8.71. The Morgan fingerprint density at radius 1 is 1.59 bits per heavy atom. The van der Waals surface area contributed by atoms with E-state index >= 15 is 0 Å². The van der Waals surface area contributed by atoms with E-state index in [0.29, 0.717) is 0 Å². The van der Waals surface area contributed by atoms with Gasteiger partial charge in [-0.15, -0.1) is 0 Å². The zero-order chi connectivity index (χ0) is 13.0. The van der Waals surface area contributed by atoms with E-state index in [1.54, 1.807) is 0 Å². The van der Waals surface area contributed by atoms with Gasteiger partial charge in [0.15, 0.2) is 0 Å². The fourth-order valence-electron chi connectivity index (χ4n) is 1.52. The van der Waals surface area contributed by atoms with Gasteiger partial charge in [0.2, 0.25) is 0 Å². The fraction of sp³-hybridized carbons (Fsp3) is 0.417. The van der Waals surface area contributed by atoms with Gasteiger partial charge in [-0.25, -0.2) is 9.18 Å². The maximum absolute atomic E-state index is 13.4. The SMILES string of the molecule is CCCC(C)Oc1cc(F)c(C(=O)O)cc1N. The van der Waals surface area contributed by atoms with Crippen molar-refractivity contribution in [3.05, 3.63) is 23.5 Å². The van der Waals surface area contributed by atoms with Crippen LogP contribution in [0.1, 0.15) is 37.0 Å². The van der Waals surface area contributed by atoms with E-state index in [1.165, 1.54) is 0 Å². The van der Waals surface area contributed by atoms with Gasteiger partial charge in [-0.2, -0.15) is 0 Å². The molecule has 4 nitrogen and oxygen atoms in total. The van der Waals surface area contributed by atoms with Crippen molar-refractivity contribution < 1.29 is 19.0 Å². The second kappa shape index (κ2) is 5.52. The minimum atomic E-state index is -1.35. The van der Waals surface area contributed by atoms with Crippen LogP contribution in [0.4, 0.5) is 10.1 Å². The minimum absolute atomic E-state index is 0.0858. The summed E-state index contributed by atoms with van der Waals surface area (Å²) in [6.45, 7) is 3.86. The number of carbonyl (C=O) groups is 1. The van der Waals surface area contributed by atoms with Gasteiger partial charge in [0.1, 0.15) is 11.6 Å². The second-order valence-corrected chi connectivity index (χ2v) is 3.89. The average molecular weight is 241 g/mol. The standard InChI is InChI=1S/C12H16FNO3/c1-3-4-7(2)17-11-6-9(13)8(12(15)16)5-10(11)14/h5-7H,3-4,14H2,1-2H3,(H,15,16). The molecule has 0 amide bonds. The number of rotatable bonds is 5. The van der Waals surface area contributed by atoms with E-state index in [-0.39, 0.29) is 17.5 Å². The Hall–Kier alpha value is -1.78. The molecule has 1 aromatic carbocycles. The number of halogens is 1. The molecule has 0 aromatic heterocycles. The molecule has 5 heteroatoms. The number of hydrogen-bond acceptors (Lipinski definition) is 3. The molecule has 94 valence electrons. The first kappa shape index (κ1) is 13.3. The van der Waals surface area contributed by atoms with Crippen LogP contribution in [-0.4, -0.2) is 17.2 Å². The van der Waals surface area contributed by atoms with Gasteiger partial charge in [0.05, 0.1) is 17.4 Å². The first-order valence-corrected chi connectivity index (χ1v) is 5.44. The molecule has 0 radical (unpaired) electrons. The van der Waals surface area contributed by atoms with Crippen LogP contribution in [0.3, 0.4) is 0 Å². The maximum atomic E-state index is 13.4. The Morgan fingerprint density at radius 3 is 2.76 bits per heavy atom. The highest BCUT2D eigenvalue weighted by molar-refractivity contribution is 5.89. The first-order valence-electron chi connectivity index (χ1n) is 5.44. The zero-order valence-corrected chi connectivity index (χ0v) is 9.87. The van der Waals surface area contributed by atoms with Gasteiger partial charge in [0.25, 0.3) is 0 Å². The van der Waals surface area contributed by atoms with Crippen molar-refractivity contribution >= 4 is 11.7 Å². The lowest BCUT2D eigenvalue weighted by atomic mass is 10.1. The quantitative estimate of drug-likeness (QED) is 0.777. The molecule has 0 aliphatic carbocycles. The molecule has 1 unspecified atom stereocenters. The molecule has 0 spiro atoms. The summed E-state index contributed by atoms with van der Waals surface area (Å²) < 4.78 is 18.8. The number of aromatic carboxylic acids is 1. The molecule has 0 bridgehead atoms. The van der Waals surface area contributed by atoms with E-state index in [9.17, 15) is 9.18 Å². The largest absolute Gasteiger partial charge is 0.488 e. The molecule has 17 heavy (non-hydrogen) atoms. The van der Waals surface area contributed by atoms with E-state index in [2.05, 4.69) is 0 Å². The van der Waals surface area contributed by atoms with E-state index in [0.717, 1.165) is 25.0 Å². The molecule has 0 fully saturated rings. The lowest BCUT2D eigenvalue weighted by Crippen LogP contribution is -2.13. The Kier molecular flexibility index (Phi) is 4.31. The van der Waals surface area contributed by atoms with Crippen LogP contribution < -0.4 is 10.5 Å². The van der Waals surface area contributed by atoms with Crippen molar-refractivity contribution in [2.75, 3.05) is 5.73 Å². The van der Waals surface area contributed by atoms with Crippen LogP contribution in [0.15, 0.2) is 12.1 Å². The van der Waals surface area contributed by atoms with Crippen molar-refractivity contribution in [3.8, 4) is 5.75 Å². The third-order valence-electron chi connectivity index (χ3n) is 2.35. The fourth-order valence-corrected chi connectivity index (χ4v) is 1.52. The van der Waals surface area contributed by atoms with Gasteiger partial charge in [-0.3, -0.25) is 0 Å². The monoisotopic (exact) mass is 241 g/mol. The second-order valence-electron chi connectivity index (χ2n) is 3.89. The lowest BCUT2D eigenvalue weighted by Gasteiger charge is -2.16. The number of nitrogens with two attached hydrogens (primary N) is 1. The smallest absolute Gasteiger partial charge is 0.338 e. The summed E-state index contributed by atoms with van der Waals surface area (Å²) in [7, 11) is 0. The molecule has 0 saturated heterocycles. The van der Waals surface area contributed by atoms with Gasteiger partial charge in [-0.05, 0) is 19.4 Å². The summed E-state index contributed by atoms with van der Waals surface area (Å²) in [6, 6.07) is 2.09. The molecular formula is C12H16FNO3. The third-order valence-corrected chi connectivity index (χ3v) is 2.35. The number of hydrogen-bond donors (Lipinski definition) is 2. The number of carboxylic acids is 1. The predicted molar refractivity (Wildman–Crippen MR) is 62.8 cm³/mol. The van der Waals surface area contributed by atoms with Gasteiger partial charge in [0, 0.05) is 6.07 Å². The van der Waals surface area contributed by atoms with Gasteiger partial charge in [-0.1, -0.05) is 13.3 Å². The predicted octanol–water partition coefficient (Wildman–Crippen LogP) is 2.67. The topological polar surface area (TPSA) is 72.5 Å². The molecule has 1 rings (SSSR count). The Balaban J connectivity index is 2.95. The molecule has 3 N–H and O–H groups in total. The molecule has 1 atom stereocenters. The normalized spacial score (nSPS) is 12.2. The molecule has 0 aliphatic heterocycles. The van der Waals surface area contributed by atoms with Crippen LogP contribution in [0.25, 0.3) is 0 Å². The van der Waals surface area contributed by atoms with Crippen LogP contribution in [0.2, 0.25) is 0 Å². The van der Waals surface area contributed by atoms with Crippen molar-refractivity contribution in [1.82, 2.24) is 0 Å². The number of ether oxygens (including phenoxy) is 1. The third kappa shape index (κ3) is 3.34. The average Bonchev–Trinajstić information content (AvgIpc) is 2.22. The van der Waals surface area contributed by atoms with E-state index in [4.69, 9.17) is 15.6 Å². The first-order chi connectivity index (χ1) is 7.95. The molecule has 0 saturated carbocycles. The van der Waals surface area contributed by atoms with Crippen molar-refractivity contribution in [2.45, 2.75) is 32.8 Å². The summed E-state index contributed by atoms with van der Waals surface area (Å²) >= 11 is 0. The molecular weight excluding hydrogens is 225 g/mol. The Bertz CT molecular complexity index is 420. The zero-order valence-electron chi connectivity index (χ0n) is 9.87. The van der Waals surface area contributed by atoms with Crippen LogP contribution in [-0.2, 0) is 0 Å². The number of benzene rings is 1. The van der Waals surface area contributed by atoms with Crippen LogP contribution in [0.5, 0.6) is 5.75 Å². The van der Waals surface area contributed by atoms with E-state index in [1.807, 2.05) is 13.8 Å². The number of nitrogen functional groups attached to an aromatic ring is 1. The highest BCUT2D eigenvalue weighted by Crippen LogP contribution is 2.27. The maximum Gasteiger partial charge on any atom is 0.338 e. The number of anilines is 1. The van der Waals surface area contributed by atoms with Gasteiger partial charge >= 0.3 is 5.97 Å². The Morgan fingerprint density at radius 2 is 2.24 bits per heavy atom. The summed E-state index contributed by atoms with van der Waals surface area (Å²) in [5.41, 5.74) is 5.30. The molecule has 0 aliphatic rings. The Labute approximate surface area is 99.2 Å². The summed E-state index contributed by atoms with van der Waals surface area (Å²) in [6.07, 6.45) is 1.68. The van der Waals surface area contributed by atoms with Crippen molar-refractivity contribution in [1.29, 1.82) is 0 Å². The lowest BCUT2D eigenvalue weighted by molar-refractivity contribution is 0.0692. The molecule has 0 heterocycles. The molecule has 1 aromatic rings. The number of carboxylic acid groups (broad SMARTS) is 1. The van der Waals surface area contributed by atoms with Crippen molar-refractivity contribution in [2.24, 2.45) is 0 Å². The van der Waals surface area contributed by atoms with Crippen LogP contribution >= 0.6 is 0 Å². The van der Waals surface area contributed by atoms with E-state index < -0.39 is 17.3 Å². The summed E-state index contributed by atoms with van der Waals surface area (Å²) in [5.74, 6) is -2.00. The highest BCUT2D eigenvalue weighted by Gasteiger charge is 2.15.